The van der Waals surface area contributed by atoms with E-state index in [0.717, 1.165) is 6.42 Å². The van der Waals surface area contributed by atoms with Gasteiger partial charge in [0.1, 0.15) is 5.67 Å². The number of alkyl halides is 1. The van der Waals surface area contributed by atoms with Gasteiger partial charge in [-0.3, -0.25) is 0 Å². The molecule has 0 saturated heterocycles. The maximum Gasteiger partial charge on any atom is 0.137 e. The third-order valence-corrected chi connectivity index (χ3v) is 2.17. The molecule has 0 aromatic rings. The van der Waals surface area contributed by atoms with Gasteiger partial charge in [-0.2, -0.15) is 0 Å². The average molecular weight is 148 g/mol. The summed E-state index contributed by atoms with van der Waals surface area (Å²) in [6.45, 7) is 3.82. The normalized spacial score (nSPS) is 15.3. The largest absolute Gasteiger partial charge is 0.327 e. The Bertz CT molecular complexity index is 91.6. The van der Waals surface area contributed by atoms with E-state index >= 15 is 0 Å². The van der Waals surface area contributed by atoms with Gasteiger partial charge in [0.15, 0.2) is 0 Å². The van der Waals surface area contributed by atoms with Crippen molar-refractivity contribution in [2.45, 2.75) is 25.9 Å². The molecule has 0 spiro atoms. The van der Waals surface area contributed by atoms with E-state index in [1.165, 1.54) is 0 Å². The van der Waals surface area contributed by atoms with Crippen LogP contribution in [0.1, 0.15) is 20.3 Å². The second-order valence-corrected chi connectivity index (χ2v) is 2.75. The summed E-state index contributed by atoms with van der Waals surface area (Å²) >= 11 is 0. The van der Waals surface area contributed by atoms with Crippen molar-refractivity contribution in [3.63, 3.8) is 0 Å². The van der Waals surface area contributed by atoms with Crippen LogP contribution >= 0.6 is 0 Å². The third kappa shape index (κ3) is 1.92. The minimum Gasteiger partial charge on any atom is -0.327 e. The van der Waals surface area contributed by atoms with Crippen LogP contribution in [0.25, 0.3) is 0 Å². The molecule has 0 heterocycles. The summed E-state index contributed by atoms with van der Waals surface area (Å²) in [5, 5.41) is 0. The molecule has 0 radical (unpaired) electrons. The molecule has 0 amide bonds. The number of halogens is 1. The van der Waals surface area contributed by atoms with Crippen LogP contribution in [0.4, 0.5) is 4.39 Å². The van der Waals surface area contributed by atoms with Gasteiger partial charge in [-0.1, -0.05) is 20.3 Å². The molecule has 0 aliphatic carbocycles. The van der Waals surface area contributed by atoms with E-state index < -0.39 is 5.67 Å². The van der Waals surface area contributed by atoms with Crippen molar-refractivity contribution in [3.05, 3.63) is 0 Å². The average Bonchev–Trinajstić information content (AvgIpc) is 2.01. The van der Waals surface area contributed by atoms with Crippen LogP contribution in [0.15, 0.2) is 0 Å². The maximum atomic E-state index is 13.4. The SMILES string of the molecule is CC[C@@H](C)C(F)(CN)CN. The van der Waals surface area contributed by atoms with Crippen molar-refractivity contribution < 1.29 is 4.39 Å². The molecule has 4 N–H and O–H groups in total. The van der Waals surface area contributed by atoms with Gasteiger partial charge in [0.25, 0.3) is 0 Å². The summed E-state index contributed by atoms with van der Waals surface area (Å²) < 4.78 is 13.4. The Morgan fingerprint density at radius 3 is 1.90 bits per heavy atom. The van der Waals surface area contributed by atoms with Crippen LogP contribution in [0.5, 0.6) is 0 Å². The lowest BCUT2D eigenvalue weighted by atomic mass is 9.89. The van der Waals surface area contributed by atoms with Gasteiger partial charge < -0.3 is 11.5 Å². The van der Waals surface area contributed by atoms with Gasteiger partial charge in [-0.05, 0) is 5.92 Å². The van der Waals surface area contributed by atoms with Crippen molar-refractivity contribution in [1.29, 1.82) is 0 Å². The summed E-state index contributed by atoms with van der Waals surface area (Å²) in [6.07, 6.45) is 0.783. The van der Waals surface area contributed by atoms with Gasteiger partial charge in [-0.25, -0.2) is 4.39 Å². The van der Waals surface area contributed by atoms with Gasteiger partial charge in [0.05, 0.1) is 0 Å². The Morgan fingerprint density at radius 1 is 1.40 bits per heavy atom. The van der Waals surface area contributed by atoms with Crippen molar-refractivity contribution in [2.75, 3.05) is 13.1 Å². The van der Waals surface area contributed by atoms with Crippen molar-refractivity contribution >= 4 is 0 Å². The fourth-order valence-electron chi connectivity index (χ4n) is 0.852. The first-order valence-corrected chi connectivity index (χ1v) is 3.69. The van der Waals surface area contributed by atoms with Crippen LogP contribution in [0.2, 0.25) is 0 Å². The van der Waals surface area contributed by atoms with E-state index in [2.05, 4.69) is 0 Å². The lowest BCUT2D eigenvalue weighted by Crippen LogP contribution is -2.45. The molecule has 0 aliphatic heterocycles. The first-order chi connectivity index (χ1) is 4.60. The monoisotopic (exact) mass is 148 g/mol. The van der Waals surface area contributed by atoms with Gasteiger partial charge in [0.2, 0.25) is 0 Å². The third-order valence-electron chi connectivity index (χ3n) is 2.17. The maximum absolute atomic E-state index is 13.4. The summed E-state index contributed by atoms with van der Waals surface area (Å²) in [6, 6.07) is 0. The van der Waals surface area contributed by atoms with Crippen LogP contribution < -0.4 is 11.5 Å². The summed E-state index contributed by atoms with van der Waals surface area (Å²) in [5.41, 5.74) is 9.13. The Labute approximate surface area is 61.8 Å². The molecule has 10 heavy (non-hydrogen) atoms. The predicted octanol–water partition coefficient (Wildman–Crippen LogP) is 0.658. The first-order valence-electron chi connectivity index (χ1n) is 3.69. The van der Waals surface area contributed by atoms with E-state index in [4.69, 9.17) is 11.5 Å². The lowest BCUT2D eigenvalue weighted by Gasteiger charge is -2.27. The molecule has 0 rings (SSSR count). The molecule has 2 nitrogen and oxygen atoms in total. The lowest BCUT2D eigenvalue weighted by molar-refractivity contribution is 0.107. The van der Waals surface area contributed by atoms with Crippen LogP contribution in [-0.4, -0.2) is 18.8 Å². The molecule has 0 aromatic carbocycles. The highest BCUT2D eigenvalue weighted by Crippen LogP contribution is 2.22. The Kier molecular flexibility index (Phi) is 3.83. The van der Waals surface area contributed by atoms with E-state index in [1.54, 1.807) is 0 Å². The van der Waals surface area contributed by atoms with Gasteiger partial charge >= 0.3 is 0 Å². The van der Waals surface area contributed by atoms with Gasteiger partial charge in [-0.15, -0.1) is 0 Å². The minimum absolute atomic E-state index is 0.0263. The Balaban J connectivity index is 4.02. The summed E-state index contributed by atoms with van der Waals surface area (Å²) in [7, 11) is 0. The van der Waals surface area contributed by atoms with E-state index in [-0.39, 0.29) is 19.0 Å². The van der Waals surface area contributed by atoms with E-state index in [9.17, 15) is 4.39 Å². The topological polar surface area (TPSA) is 52.0 Å². The Morgan fingerprint density at radius 2 is 1.80 bits per heavy atom. The van der Waals surface area contributed by atoms with Crippen molar-refractivity contribution in [3.8, 4) is 0 Å². The molecule has 0 unspecified atom stereocenters. The molecular weight excluding hydrogens is 131 g/mol. The second-order valence-electron chi connectivity index (χ2n) is 2.75. The molecule has 0 fully saturated rings. The highest BCUT2D eigenvalue weighted by Gasteiger charge is 2.31. The zero-order valence-electron chi connectivity index (χ0n) is 6.73. The highest BCUT2D eigenvalue weighted by molar-refractivity contribution is 4.85. The Hall–Kier alpha value is -0.150. The predicted molar refractivity (Wildman–Crippen MR) is 41.4 cm³/mol. The molecule has 3 heteroatoms. The van der Waals surface area contributed by atoms with Gasteiger partial charge in [0, 0.05) is 13.1 Å². The highest BCUT2D eigenvalue weighted by atomic mass is 19.1. The van der Waals surface area contributed by atoms with Crippen LogP contribution in [0, 0.1) is 5.92 Å². The molecule has 0 bridgehead atoms. The van der Waals surface area contributed by atoms with Crippen molar-refractivity contribution in [1.82, 2.24) is 0 Å². The van der Waals surface area contributed by atoms with Crippen LogP contribution in [-0.2, 0) is 0 Å². The van der Waals surface area contributed by atoms with E-state index in [1.807, 2.05) is 13.8 Å². The molecule has 0 aromatic heterocycles. The number of rotatable bonds is 4. The number of nitrogens with two attached hydrogens (primary N) is 2. The van der Waals surface area contributed by atoms with E-state index in [0.29, 0.717) is 0 Å². The molecule has 0 aliphatic rings. The zero-order chi connectivity index (χ0) is 8.20. The number of hydrogen-bond donors (Lipinski definition) is 2. The zero-order valence-corrected chi connectivity index (χ0v) is 6.73. The summed E-state index contributed by atoms with van der Waals surface area (Å²) in [4.78, 5) is 0. The van der Waals surface area contributed by atoms with Crippen molar-refractivity contribution in [2.24, 2.45) is 17.4 Å². The van der Waals surface area contributed by atoms with Crippen LogP contribution in [0.3, 0.4) is 0 Å². The molecule has 1 atom stereocenters. The number of hydrogen-bond acceptors (Lipinski definition) is 2. The summed E-state index contributed by atoms with van der Waals surface area (Å²) in [5.74, 6) is -0.0394. The second kappa shape index (κ2) is 3.88. The molecule has 62 valence electrons. The smallest absolute Gasteiger partial charge is 0.137 e. The quantitative estimate of drug-likeness (QED) is 0.615. The molecular formula is C7H17FN2. The minimum atomic E-state index is -1.35. The molecule has 0 saturated carbocycles. The standard InChI is InChI=1S/C7H17FN2/c1-3-6(2)7(8,4-9)5-10/h6H,3-5,9-10H2,1-2H3/t6-/m1/s1. The first kappa shape index (κ1) is 9.85. The fourth-order valence-corrected chi connectivity index (χ4v) is 0.852. The fraction of sp³-hybridized carbons (Fsp3) is 1.00.